The molecule has 0 unspecified atom stereocenters. The molecule has 0 saturated heterocycles. The second-order valence-electron chi connectivity index (χ2n) is 3.78. The molecule has 0 bridgehead atoms. The van der Waals surface area contributed by atoms with E-state index in [0.717, 1.165) is 5.56 Å². The van der Waals surface area contributed by atoms with Gasteiger partial charge in [-0.2, -0.15) is 5.10 Å². The Balaban J connectivity index is 2.26. The van der Waals surface area contributed by atoms with E-state index in [2.05, 4.69) is 22.7 Å². The quantitative estimate of drug-likeness (QED) is 0.516. The number of hydrogen-bond acceptors (Lipinski definition) is 4. The number of methoxy groups -OCH3 is 1. The molecule has 3 N–H and O–H groups in total. The molecule has 0 aliphatic carbocycles. The molecule has 2 aromatic rings. The maximum atomic E-state index is 5.99. The SMILES string of the molecule is COc1ccc(Cl)cc1-c1ccc(/C=N\NC(N)=S)o1. The van der Waals surface area contributed by atoms with Crippen molar-refractivity contribution < 1.29 is 9.15 Å². The van der Waals surface area contributed by atoms with Crippen LogP contribution in [0.1, 0.15) is 5.76 Å². The second-order valence-corrected chi connectivity index (χ2v) is 4.66. The lowest BCUT2D eigenvalue weighted by atomic mass is 10.1. The van der Waals surface area contributed by atoms with E-state index in [1.807, 2.05) is 0 Å². The van der Waals surface area contributed by atoms with Crippen LogP contribution in [0.5, 0.6) is 5.75 Å². The molecule has 0 aliphatic heterocycles. The molecule has 0 fully saturated rings. The number of hydrogen-bond donors (Lipinski definition) is 2. The molecule has 0 radical (unpaired) electrons. The van der Waals surface area contributed by atoms with Crippen LogP contribution in [0.4, 0.5) is 0 Å². The summed E-state index contributed by atoms with van der Waals surface area (Å²) in [7, 11) is 1.59. The fourth-order valence-corrected chi connectivity index (χ4v) is 1.82. The summed E-state index contributed by atoms with van der Waals surface area (Å²) in [6, 6.07) is 8.87. The Labute approximate surface area is 126 Å². The zero-order chi connectivity index (χ0) is 14.5. The van der Waals surface area contributed by atoms with Gasteiger partial charge in [0.05, 0.1) is 18.9 Å². The Morgan fingerprint density at radius 2 is 2.25 bits per heavy atom. The van der Waals surface area contributed by atoms with Gasteiger partial charge in [0, 0.05) is 5.02 Å². The van der Waals surface area contributed by atoms with E-state index in [0.29, 0.717) is 22.3 Å². The molecule has 0 atom stereocenters. The Bertz CT molecular complexity index is 655. The highest BCUT2D eigenvalue weighted by molar-refractivity contribution is 7.80. The first-order valence-corrected chi connectivity index (χ1v) is 6.41. The maximum absolute atomic E-state index is 5.99. The van der Waals surface area contributed by atoms with E-state index in [9.17, 15) is 0 Å². The topological polar surface area (TPSA) is 72.8 Å². The fourth-order valence-electron chi connectivity index (χ4n) is 1.60. The predicted molar refractivity (Wildman–Crippen MR) is 83.2 cm³/mol. The Kier molecular flexibility index (Phi) is 4.60. The third-order valence-corrected chi connectivity index (χ3v) is 2.75. The summed E-state index contributed by atoms with van der Waals surface area (Å²) < 4.78 is 10.9. The van der Waals surface area contributed by atoms with Crippen molar-refractivity contribution in [1.29, 1.82) is 0 Å². The third-order valence-electron chi connectivity index (χ3n) is 2.42. The second kappa shape index (κ2) is 6.40. The molecule has 20 heavy (non-hydrogen) atoms. The minimum absolute atomic E-state index is 0.0875. The van der Waals surface area contributed by atoms with Crippen molar-refractivity contribution in [3.63, 3.8) is 0 Å². The van der Waals surface area contributed by atoms with Crippen LogP contribution in [0.3, 0.4) is 0 Å². The molecule has 1 aromatic heterocycles. The molecule has 0 spiro atoms. The number of furan rings is 1. The highest BCUT2D eigenvalue weighted by atomic mass is 35.5. The van der Waals surface area contributed by atoms with Gasteiger partial charge in [-0.3, -0.25) is 5.43 Å². The van der Waals surface area contributed by atoms with Crippen LogP contribution < -0.4 is 15.9 Å². The number of hydrazone groups is 1. The largest absolute Gasteiger partial charge is 0.496 e. The van der Waals surface area contributed by atoms with Gasteiger partial charge in [-0.25, -0.2) is 0 Å². The van der Waals surface area contributed by atoms with Crippen molar-refractivity contribution in [1.82, 2.24) is 5.43 Å². The summed E-state index contributed by atoms with van der Waals surface area (Å²) in [4.78, 5) is 0. The monoisotopic (exact) mass is 309 g/mol. The first-order valence-electron chi connectivity index (χ1n) is 5.62. The summed E-state index contributed by atoms with van der Waals surface area (Å²) in [5.74, 6) is 1.85. The van der Waals surface area contributed by atoms with Gasteiger partial charge in [0.2, 0.25) is 0 Å². The summed E-state index contributed by atoms with van der Waals surface area (Å²) >= 11 is 10.6. The van der Waals surface area contributed by atoms with Crippen LogP contribution in [0.15, 0.2) is 39.9 Å². The first-order chi connectivity index (χ1) is 9.60. The molecule has 0 saturated carbocycles. The standard InChI is InChI=1S/C13H12ClN3O2S/c1-18-11-4-2-8(14)6-10(11)12-5-3-9(19-12)7-16-17-13(15)20/h2-7H,1H3,(H3,15,17,20)/b16-7-. The molecule has 0 aliphatic rings. The van der Waals surface area contributed by atoms with Crippen LogP contribution in [0.2, 0.25) is 5.02 Å². The van der Waals surface area contributed by atoms with E-state index in [1.165, 1.54) is 6.21 Å². The fraction of sp³-hybridized carbons (Fsp3) is 0.0769. The molecule has 0 amide bonds. The average Bonchev–Trinajstić information content (AvgIpc) is 2.87. The average molecular weight is 310 g/mol. The molecule has 7 heteroatoms. The molecule has 1 heterocycles. The number of halogens is 1. The number of ether oxygens (including phenoxy) is 1. The van der Waals surface area contributed by atoms with E-state index in [-0.39, 0.29) is 5.11 Å². The predicted octanol–water partition coefficient (Wildman–Crippen LogP) is 2.78. The van der Waals surface area contributed by atoms with Crippen molar-refractivity contribution in [3.8, 4) is 17.1 Å². The number of thiocarbonyl (C=S) groups is 1. The number of benzene rings is 1. The minimum atomic E-state index is 0.0875. The Hall–Kier alpha value is -2.05. The van der Waals surface area contributed by atoms with Gasteiger partial charge < -0.3 is 14.9 Å². The number of nitrogens with one attached hydrogen (secondary N) is 1. The van der Waals surface area contributed by atoms with Crippen LogP contribution >= 0.6 is 23.8 Å². The van der Waals surface area contributed by atoms with Gasteiger partial charge in [0.1, 0.15) is 17.3 Å². The smallest absolute Gasteiger partial charge is 0.184 e. The normalized spacial score (nSPS) is 10.7. The molecule has 2 rings (SSSR count). The lowest BCUT2D eigenvalue weighted by Crippen LogP contribution is -2.23. The van der Waals surface area contributed by atoms with E-state index in [4.69, 9.17) is 26.5 Å². The van der Waals surface area contributed by atoms with Crippen LogP contribution in [-0.4, -0.2) is 18.4 Å². The van der Waals surface area contributed by atoms with Crippen molar-refractivity contribution >= 4 is 35.1 Å². The van der Waals surface area contributed by atoms with Gasteiger partial charge in [-0.05, 0) is 42.5 Å². The highest BCUT2D eigenvalue weighted by Crippen LogP contribution is 2.33. The molecular formula is C13H12ClN3O2S. The zero-order valence-corrected chi connectivity index (χ0v) is 12.2. The highest BCUT2D eigenvalue weighted by Gasteiger charge is 2.10. The Morgan fingerprint density at radius 3 is 2.95 bits per heavy atom. The molecule has 1 aromatic carbocycles. The van der Waals surface area contributed by atoms with Gasteiger partial charge in [-0.15, -0.1) is 0 Å². The lowest BCUT2D eigenvalue weighted by Gasteiger charge is -2.06. The summed E-state index contributed by atoms with van der Waals surface area (Å²) in [6.07, 6.45) is 1.47. The van der Waals surface area contributed by atoms with Crippen LogP contribution in [0, 0.1) is 0 Å². The molecule has 5 nitrogen and oxygen atoms in total. The van der Waals surface area contributed by atoms with Gasteiger partial charge in [0.15, 0.2) is 5.11 Å². The van der Waals surface area contributed by atoms with E-state index >= 15 is 0 Å². The maximum Gasteiger partial charge on any atom is 0.184 e. The van der Waals surface area contributed by atoms with E-state index in [1.54, 1.807) is 37.4 Å². The minimum Gasteiger partial charge on any atom is -0.496 e. The van der Waals surface area contributed by atoms with Gasteiger partial charge in [0.25, 0.3) is 0 Å². The van der Waals surface area contributed by atoms with Crippen molar-refractivity contribution in [2.24, 2.45) is 10.8 Å². The van der Waals surface area contributed by atoms with Crippen LogP contribution in [-0.2, 0) is 0 Å². The van der Waals surface area contributed by atoms with E-state index < -0.39 is 0 Å². The zero-order valence-electron chi connectivity index (χ0n) is 10.6. The van der Waals surface area contributed by atoms with Crippen molar-refractivity contribution in [2.75, 3.05) is 7.11 Å². The van der Waals surface area contributed by atoms with Crippen molar-refractivity contribution in [2.45, 2.75) is 0 Å². The molecule has 104 valence electrons. The van der Waals surface area contributed by atoms with Crippen molar-refractivity contribution in [3.05, 3.63) is 41.1 Å². The number of nitrogens with zero attached hydrogens (tertiary/aromatic N) is 1. The Morgan fingerprint density at radius 1 is 1.45 bits per heavy atom. The third kappa shape index (κ3) is 3.49. The first kappa shape index (κ1) is 14.4. The lowest BCUT2D eigenvalue weighted by molar-refractivity contribution is 0.414. The summed E-state index contributed by atoms with van der Waals surface area (Å²) in [6.45, 7) is 0. The van der Waals surface area contributed by atoms with Gasteiger partial charge in [-0.1, -0.05) is 11.6 Å². The summed E-state index contributed by atoms with van der Waals surface area (Å²) in [5.41, 5.74) is 8.47. The van der Waals surface area contributed by atoms with Gasteiger partial charge >= 0.3 is 0 Å². The molecular weight excluding hydrogens is 298 g/mol. The number of rotatable bonds is 4. The summed E-state index contributed by atoms with van der Waals surface area (Å²) in [5, 5.41) is 4.50. The van der Waals surface area contributed by atoms with Crippen LogP contribution in [0.25, 0.3) is 11.3 Å². The number of nitrogens with two attached hydrogens (primary N) is 1.